The van der Waals surface area contributed by atoms with E-state index in [9.17, 15) is 26.4 Å². The highest BCUT2D eigenvalue weighted by Crippen LogP contribution is 2.18. The molecular formula is C18H18F3N3O3S. The number of halogens is 3. The zero-order valence-electron chi connectivity index (χ0n) is 14.7. The molecule has 3 rings (SSSR count). The fraction of sp³-hybridized carbons (Fsp3) is 0.278. The third kappa shape index (κ3) is 4.70. The standard InChI is InChI=1S/C18H18F3N3O3S/c19-13-1-4-15(5-2-13)28(26,27)24-9-7-23(8-10-24)12-18(25)22-14-3-6-16(20)17(21)11-14/h1-6,11H,7-10,12H2,(H,22,25). The van der Waals surface area contributed by atoms with Crippen molar-refractivity contribution < 1.29 is 26.4 Å². The summed E-state index contributed by atoms with van der Waals surface area (Å²) >= 11 is 0. The van der Waals surface area contributed by atoms with Gasteiger partial charge >= 0.3 is 0 Å². The number of nitrogens with zero attached hydrogens (tertiary/aromatic N) is 2. The van der Waals surface area contributed by atoms with Crippen LogP contribution in [0.15, 0.2) is 47.4 Å². The second kappa shape index (κ2) is 8.29. The molecule has 6 nitrogen and oxygen atoms in total. The SMILES string of the molecule is O=C(CN1CCN(S(=O)(=O)c2ccc(F)cc2)CC1)Nc1ccc(F)c(F)c1. The Morgan fingerprint density at radius 2 is 1.57 bits per heavy atom. The van der Waals surface area contributed by atoms with Crippen molar-refractivity contribution in [2.45, 2.75) is 4.90 Å². The number of carbonyl (C=O) groups is 1. The number of rotatable bonds is 5. The van der Waals surface area contributed by atoms with Crippen molar-refractivity contribution in [2.24, 2.45) is 0 Å². The quantitative estimate of drug-likeness (QED) is 0.815. The molecule has 0 radical (unpaired) electrons. The first-order chi connectivity index (χ1) is 13.3. The van der Waals surface area contributed by atoms with E-state index in [1.165, 1.54) is 22.5 Å². The maximum Gasteiger partial charge on any atom is 0.243 e. The summed E-state index contributed by atoms with van der Waals surface area (Å²) < 4.78 is 65.5. The van der Waals surface area contributed by atoms with Crippen LogP contribution in [0.4, 0.5) is 18.9 Å². The van der Waals surface area contributed by atoms with Crippen LogP contribution in [0.5, 0.6) is 0 Å². The summed E-state index contributed by atoms with van der Waals surface area (Å²) in [4.78, 5) is 13.8. The highest BCUT2D eigenvalue weighted by molar-refractivity contribution is 7.89. The molecule has 1 N–H and O–H groups in total. The van der Waals surface area contributed by atoms with Crippen molar-refractivity contribution in [2.75, 3.05) is 38.0 Å². The van der Waals surface area contributed by atoms with Crippen molar-refractivity contribution in [3.63, 3.8) is 0 Å². The predicted molar refractivity (Wildman–Crippen MR) is 96.6 cm³/mol. The molecular weight excluding hydrogens is 395 g/mol. The van der Waals surface area contributed by atoms with Crippen LogP contribution in [-0.2, 0) is 14.8 Å². The number of piperazine rings is 1. The molecule has 28 heavy (non-hydrogen) atoms. The summed E-state index contributed by atoms with van der Waals surface area (Å²) in [6, 6.07) is 7.67. The number of sulfonamides is 1. The minimum atomic E-state index is -3.73. The third-order valence-electron chi connectivity index (χ3n) is 4.35. The van der Waals surface area contributed by atoms with Gasteiger partial charge in [-0.1, -0.05) is 0 Å². The Balaban J connectivity index is 1.54. The van der Waals surface area contributed by atoms with E-state index in [1.807, 2.05) is 0 Å². The van der Waals surface area contributed by atoms with Crippen LogP contribution in [0.1, 0.15) is 0 Å². The molecule has 2 aromatic carbocycles. The molecule has 150 valence electrons. The van der Waals surface area contributed by atoms with E-state index in [0.717, 1.165) is 24.3 Å². The maximum absolute atomic E-state index is 13.2. The Hall–Kier alpha value is -2.43. The van der Waals surface area contributed by atoms with Crippen molar-refractivity contribution in [1.82, 2.24) is 9.21 Å². The number of hydrogen-bond acceptors (Lipinski definition) is 4. The van der Waals surface area contributed by atoms with Crippen LogP contribution in [0.2, 0.25) is 0 Å². The largest absolute Gasteiger partial charge is 0.325 e. The van der Waals surface area contributed by atoms with Crippen molar-refractivity contribution in [1.29, 1.82) is 0 Å². The lowest BCUT2D eigenvalue weighted by atomic mass is 10.3. The summed E-state index contributed by atoms with van der Waals surface area (Å²) in [5.74, 6) is -2.99. The second-order valence-electron chi connectivity index (χ2n) is 6.31. The van der Waals surface area contributed by atoms with Crippen LogP contribution in [0.25, 0.3) is 0 Å². The van der Waals surface area contributed by atoms with E-state index in [1.54, 1.807) is 4.90 Å². The number of nitrogens with one attached hydrogen (secondary N) is 1. The molecule has 10 heteroatoms. The molecule has 1 aliphatic rings. The normalized spacial score (nSPS) is 16.1. The first-order valence-corrected chi connectivity index (χ1v) is 9.93. The van der Waals surface area contributed by atoms with Crippen LogP contribution >= 0.6 is 0 Å². The lowest BCUT2D eigenvalue weighted by Crippen LogP contribution is -2.50. The van der Waals surface area contributed by atoms with Gasteiger partial charge in [-0.3, -0.25) is 9.69 Å². The maximum atomic E-state index is 13.2. The van der Waals surface area contributed by atoms with Gasteiger partial charge in [0.2, 0.25) is 15.9 Å². The van der Waals surface area contributed by atoms with E-state index < -0.39 is 33.4 Å². The van der Waals surface area contributed by atoms with Gasteiger partial charge in [0.25, 0.3) is 0 Å². The lowest BCUT2D eigenvalue weighted by molar-refractivity contribution is -0.117. The van der Waals surface area contributed by atoms with Crippen LogP contribution in [-0.4, -0.2) is 56.3 Å². The number of carbonyl (C=O) groups excluding carboxylic acids is 1. The Bertz CT molecular complexity index is 960. The van der Waals surface area contributed by atoms with Gasteiger partial charge in [0.15, 0.2) is 11.6 Å². The van der Waals surface area contributed by atoms with Gasteiger partial charge in [-0.15, -0.1) is 0 Å². The van der Waals surface area contributed by atoms with Gasteiger partial charge in [-0.25, -0.2) is 21.6 Å². The minimum absolute atomic E-state index is 0.0105. The molecule has 1 fully saturated rings. The zero-order valence-corrected chi connectivity index (χ0v) is 15.6. The highest BCUT2D eigenvalue weighted by atomic mass is 32.2. The number of benzene rings is 2. The summed E-state index contributed by atoms with van der Waals surface area (Å²) in [6.45, 7) is 0.997. The summed E-state index contributed by atoms with van der Waals surface area (Å²) in [5, 5.41) is 2.48. The molecule has 1 aliphatic heterocycles. The molecule has 0 aromatic heterocycles. The number of anilines is 1. The average Bonchev–Trinajstić information content (AvgIpc) is 2.65. The smallest absolute Gasteiger partial charge is 0.243 e. The summed E-state index contributed by atoms with van der Waals surface area (Å²) in [7, 11) is -3.73. The van der Waals surface area contributed by atoms with Crippen LogP contribution in [0, 0.1) is 17.5 Å². The topological polar surface area (TPSA) is 69.7 Å². The first-order valence-electron chi connectivity index (χ1n) is 8.49. The highest BCUT2D eigenvalue weighted by Gasteiger charge is 2.29. The monoisotopic (exact) mass is 413 g/mol. The second-order valence-corrected chi connectivity index (χ2v) is 8.25. The third-order valence-corrected chi connectivity index (χ3v) is 6.27. The van der Waals surface area contributed by atoms with E-state index >= 15 is 0 Å². The van der Waals surface area contributed by atoms with Crippen molar-refractivity contribution in [3.05, 3.63) is 59.9 Å². The minimum Gasteiger partial charge on any atom is -0.325 e. The molecule has 0 spiro atoms. The predicted octanol–water partition coefficient (Wildman–Crippen LogP) is 2.05. The van der Waals surface area contributed by atoms with Gasteiger partial charge in [-0.2, -0.15) is 4.31 Å². The Morgan fingerprint density at radius 3 is 2.18 bits per heavy atom. The summed E-state index contributed by atoms with van der Waals surface area (Å²) in [5.41, 5.74) is 0.140. The van der Waals surface area contributed by atoms with Crippen molar-refractivity contribution >= 4 is 21.6 Å². The molecule has 0 aliphatic carbocycles. The van der Waals surface area contributed by atoms with Crippen molar-refractivity contribution in [3.8, 4) is 0 Å². The molecule has 0 saturated carbocycles. The van der Waals surface area contributed by atoms with Gasteiger partial charge in [-0.05, 0) is 36.4 Å². The van der Waals surface area contributed by atoms with E-state index in [0.29, 0.717) is 13.1 Å². The Morgan fingerprint density at radius 1 is 0.929 bits per heavy atom. The van der Waals surface area contributed by atoms with Gasteiger partial charge in [0.1, 0.15) is 5.82 Å². The van der Waals surface area contributed by atoms with Gasteiger partial charge < -0.3 is 5.32 Å². The number of amides is 1. The van der Waals surface area contributed by atoms with E-state index in [2.05, 4.69) is 5.32 Å². The fourth-order valence-corrected chi connectivity index (χ4v) is 4.28. The Labute approximate surface area is 160 Å². The average molecular weight is 413 g/mol. The number of hydrogen-bond donors (Lipinski definition) is 1. The molecule has 0 bridgehead atoms. The first kappa shape index (κ1) is 20.3. The van der Waals surface area contributed by atoms with Gasteiger partial charge in [0, 0.05) is 37.9 Å². The van der Waals surface area contributed by atoms with Crippen LogP contribution in [0.3, 0.4) is 0 Å². The molecule has 0 unspecified atom stereocenters. The van der Waals surface area contributed by atoms with Gasteiger partial charge in [0.05, 0.1) is 11.4 Å². The molecule has 1 heterocycles. The molecule has 0 atom stereocenters. The zero-order chi connectivity index (χ0) is 20.3. The lowest BCUT2D eigenvalue weighted by Gasteiger charge is -2.33. The fourth-order valence-electron chi connectivity index (χ4n) is 2.86. The molecule has 1 saturated heterocycles. The van der Waals surface area contributed by atoms with Crippen LogP contribution < -0.4 is 5.32 Å². The van der Waals surface area contributed by atoms with E-state index in [4.69, 9.17) is 0 Å². The Kier molecular flexibility index (Phi) is 6.01. The summed E-state index contributed by atoms with van der Waals surface area (Å²) in [6.07, 6.45) is 0. The molecule has 1 amide bonds. The molecule has 2 aromatic rings. The van der Waals surface area contributed by atoms with E-state index in [-0.39, 0.29) is 30.2 Å².